The zero-order valence-electron chi connectivity index (χ0n) is 11.6. The Balaban J connectivity index is 4.51. The fourth-order valence-corrected chi connectivity index (χ4v) is 1.79. The largest absolute Gasteiger partial charge is 0.480 e. The third-order valence-corrected chi connectivity index (χ3v) is 3.35. The molecule has 0 bridgehead atoms. The van der Waals surface area contributed by atoms with Crippen molar-refractivity contribution < 1.29 is 19.4 Å². The lowest BCUT2D eigenvalue weighted by molar-refractivity contribution is -0.140. The van der Waals surface area contributed by atoms with Crippen LogP contribution in [0.15, 0.2) is 0 Å². The number of nitrogens with one attached hydrogen (secondary N) is 2. The van der Waals surface area contributed by atoms with E-state index < -0.39 is 18.0 Å². The molecule has 0 aromatic rings. The Kier molecular flexibility index (Phi) is 7.35. The third kappa shape index (κ3) is 4.91. The smallest absolute Gasteiger partial charge is 0.328 e. The summed E-state index contributed by atoms with van der Waals surface area (Å²) in [6.07, 6.45) is 2.40. The maximum absolute atomic E-state index is 11.8. The molecule has 1 unspecified atom stereocenters. The molecule has 3 N–H and O–H groups in total. The molecule has 0 aliphatic heterocycles. The van der Waals surface area contributed by atoms with Crippen molar-refractivity contribution >= 4 is 12.0 Å². The molecule has 0 rings (SSSR count). The second-order valence-corrected chi connectivity index (χ2v) is 4.29. The van der Waals surface area contributed by atoms with E-state index in [1.165, 1.54) is 7.11 Å². The standard InChI is InChI=1S/C12H24N2O4/c1-5-12(6-2,7-3)14-11(17)13-9(8-18-4)10(15)16/h9H,5-8H2,1-4H3,(H,15,16)(H2,13,14,17). The number of carboxylic acid groups (broad SMARTS) is 1. The predicted octanol–water partition coefficient (Wildman–Crippen LogP) is 1.35. The number of carboxylic acids is 1. The first-order valence-electron chi connectivity index (χ1n) is 6.25. The summed E-state index contributed by atoms with van der Waals surface area (Å²) in [6.45, 7) is 5.94. The van der Waals surface area contributed by atoms with E-state index in [9.17, 15) is 9.59 Å². The SMILES string of the molecule is CCC(CC)(CC)NC(=O)NC(COC)C(=O)O. The number of amides is 2. The molecule has 0 aromatic carbocycles. The average Bonchev–Trinajstić information content (AvgIpc) is 2.35. The topological polar surface area (TPSA) is 87.7 Å². The maximum atomic E-state index is 11.8. The number of rotatable bonds is 8. The highest BCUT2D eigenvalue weighted by Gasteiger charge is 2.28. The van der Waals surface area contributed by atoms with E-state index in [0.29, 0.717) is 0 Å². The third-order valence-electron chi connectivity index (χ3n) is 3.35. The van der Waals surface area contributed by atoms with Crippen LogP contribution in [0.25, 0.3) is 0 Å². The summed E-state index contributed by atoms with van der Waals surface area (Å²) in [5, 5.41) is 14.2. The first-order chi connectivity index (χ1) is 8.44. The lowest BCUT2D eigenvalue weighted by Gasteiger charge is -2.32. The van der Waals surface area contributed by atoms with Gasteiger partial charge >= 0.3 is 12.0 Å². The van der Waals surface area contributed by atoms with Gasteiger partial charge in [-0.15, -0.1) is 0 Å². The van der Waals surface area contributed by atoms with Crippen LogP contribution in [0.4, 0.5) is 4.79 Å². The normalized spacial score (nSPS) is 12.9. The first-order valence-corrected chi connectivity index (χ1v) is 6.25. The van der Waals surface area contributed by atoms with Crippen molar-refractivity contribution in [1.82, 2.24) is 10.6 Å². The molecule has 0 saturated carbocycles. The van der Waals surface area contributed by atoms with Gasteiger partial charge in [0.1, 0.15) is 0 Å². The molecular weight excluding hydrogens is 236 g/mol. The van der Waals surface area contributed by atoms with Gasteiger partial charge in [-0.3, -0.25) is 0 Å². The molecule has 0 heterocycles. The van der Waals surface area contributed by atoms with Gasteiger partial charge in [0, 0.05) is 12.6 Å². The summed E-state index contributed by atoms with van der Waals surface area (Å²) in [7, 11) is 1.39. The Morgan fingerprint density at radius 2 is 1.72 bits per heavy atom. The molecule has 6 heteroatoms. The van der Waals surface area contributed by atoms with Crippen LogP contribution in [0.1, 0.15) is 40.0 Å². The van der Waals surface area contributed by atoms with Crippen molar-refractivity contribution in [3.63, 3.8) is 0 Å². The summed E-state index contributed by atoms with van der Waals surface area (Å²) in [5.41, 5.74) is -0.278. The van der Waals surface area contributed by atoms with E-state index >= 15 is 0 Å². The number of urea groups is 1. The number of carbonyl (C=O) groups excluding carboxylic acids is 1. The van der Waals surface area contributed by atoms with Crippen LogP contribution in [0.5, 0.6) is 0 Å². The Morgan fingerprint density at radius 1 is 1.22 bits per heavy atom. The Labute approximate surface area is 108 Å². The molecule has 0 saturated heterocycles. The molecule has 106 valence electrons. The minimum absolute atomic E-state index is 0.0554. The van der Waals surface area contributed by atoms with E-state index in [1.807, 2.05) is 20.8 Å². The van der Waals surface area contributed by atoms with Crippen molar-refractivity contribution in [2.45, 2.75) is 51.6 Å². The number of hydrogen-bond donors (Lipinski definition) is 3. The van der Waals surface area contributed by atoms with Crippen molar-refractivity contribution in [2.24, 2.45) is 0 Å². The van der Waals surface area contributed by atoms with Gasteiger partial charge < -0.3 is 20.5 Å². The predicted molar refractivity (Wildman–Crippen MR) is 68.6 cm³/mol. The molecule has 0 aliphatic rings. The fourth-order valence-electron chi connectivity index (χ4n) is 1.79. The van der Waals surface area contributed by atoms with E-state index in [1.54, 1.807) is 0 Å². The van der Waals surface area contributed by atoms with Crippen molar-refractivity contribution in [1.29, 1.82) is 0 Å². The fraction of sp³-hybridized carbons (Fsp3) is 0.833. The average molecular weight is 260 g/mol. The van der Waals surface area contributed by atoms with E-state index in [-0.39, 0.29) is 12.1 Å². The molecule has 0 spiro atoms. The zero-order valence-corrected chi connectivity index (χ0v) is 11.6. The van der Waals surface area contributed by atoms with Gasteiger partial charge in [-0.2, -0.15) is 0 Å². The number of hydrogen-bond acceptors (Lipinski definition) is 3. The maximum Gasteiger partial charge on any atom is 0.328 e. The number of methoxy groups -OCH3 is 1. The molecule has 2 amide bonds. The molecule has 0 radical (unpaired) electrons. The number of aliphatic carboxylic acids is 1. The van der Waals surface area contributed by atoms with Crippen LogP contribution in [0.3, 0.4) is 0 Å². The van der Waals surface area contributed by atoms with Crippen LogP contribution < -0.4 is 10.6 Å². The molecule has 0 fully saturated rings. The molecule has 6 nitrogen and oxygen atoms in total. The highest BCUT2D eigenvalue weighted by Crippen LogP contribution is 2.18. The Hall–Kier alpha value is -1.30. The van der Waals surface area contributed by atoms with Crippen molar-refractivity contribution in [3.8, 4) is 0 Å². The lowest BCUT2D eigenvalue weighted by Crippen LogP contribution is -2.55. The highest BCUT2D eigenvalue weighted by molar-refractivity contribution is 5.83. The molecule has 1 atom stereocenters. The molecule has 0 aliphatic carbocycles. The van der Waals surface area contributed by atoms with Crippen LogP contribution >= 0.6 is 0 Å². The summed E-state index contributed by atoms with van der Waals surface area (Å²) >= 11 is 0. The molecule has 0 aromatic heterocycles. The first kappa shape index (κ1) is 16.7. The van der Waals surface area contributed by atoms with Gasteiger partial charge in [0.25, 0.3) is 0 Å². The summed E-state index contributed by atoms with van der Waals surface area (Å²) < 4.78 is 4.75. The monoisotopic (exact) mass is 260 g/mol. The van der Waals surface area contributed by atoms with Gasteiger partial charge in [-0.05, 0) is 19.3 Å². The quantitative estimate of drug-likeness (QED) is 0.615. The Bertz CT molecular complexity index is 269. The van der Waals surface area contributed by atoms with E-state index in [4.69, 9.17) is 9.84 Å². The number of ether oxygens (including phenoxy) is 1. The van der Waals surface area contributed by atoms with Crippen molar-refractivity contribution in [2.75, 3.05) is 13.7 Å². The van der Waals surface area contributed by atoms with Gasteiger partial charge in [0.05, 0.1) is 6.61 Å². The molecular formula is C12H24N2O4. The zero-order chi connectivity index (χ0) is 14.2. The minimum atomic E-state index is -1.11. The second kappa shape index (κ2) is 7.92. The van der Waals surface area contributed by atoms with Crippen molar-refractivity contribution in [3.05, 3.63) is 0 Å². The van der Waals surface area contributed by atoms with Gasteiger partial charge in [-0.25, -0.2) is 9.59 Å². The highest BCUT2D eigenvalue weighted by atomic mass is 16.5. The Morgan fingerprint density at radius 3 is 2.06 bits per heavy atom. The summed E-state index contributed by atoms with van der Waals surface area (Å²) in [5.74, 6) is -1.11. The summed E-state index contributed by atoms with van der Waals surface area (Å²) in [4.78, 5) is 22.7. The van der Waals surface area contributed by atoms with Gasteiger partial charge in [0.2, 0.25) is 0 Å². The summed E-state index contributed by atoms with van der Waals surface area (Å²) in [6, 6.07) is -1.50. The van der Waals surface area contributed by atoms with E-state index in [0.717, 1.165) is 19.3 Å². The molecule has 18 heavy (non-hydrogen) atoms. The lowest BCUT2D eigenvalue weighted by atomic mass is 9.90. The van der Waals surface area contributed by atoms with Gasteiger partial charge in [0.15, 0.2) is 6.04 Å². The van der Waals surface area contributed by atoms with Crippen LogP contribution in [-0.2, 0) is 9.53 Å². The van der Waals surface area contributed by atoms with Crippen LogP contribution in [-0.4, -0.2) is 42.4 Å². The van der Waals surface area contributed by atoms with Crippen LogP contribution in [0, 0.1) is 0 Å². The van der Waals surface area contributed by atoms with Gasteiger partial charge in [-0.1, -0.05) is 20.8 Å². The minimum Gasteiger partial charge on any atom is -0.480 e. The van der Waals surface area contributed by atoms with E-state index in [2.05, 4.69) is 10.6 Å². The van der Waals surface area contributed by atoms with Crippen LogP contribution in [0.2, 0.25) is 0 Å². The second-order valence-electron chi connectivity index (χ2n) is 4.29. The number of carbonyl (C=O) groups is 2.